The number of unbranched alkanes of at least 4 members (excludes halogenated alkanes) is 1. The van der Waals surface area contributed by atoms with Crippen LogP contribution in [0.5, 0.6) is 0 Å². The summed E-state index contributed by atoms with van der Waals surface area (Å²) in [6, 6.07) is 0. The summed E-state index contributed by atoms with van der Waals surface area (Å²) in [7, 11) is -4.64. The van der Waals surface area contributed by atoms with Gasteiger partial charge in [0.25, 0.3) is 0 Å². The lowest BCUT2D eigenvalue weighted by Gasteiger charge is -1.82. The molecule has 0 amide bonds. The van der Waals surface area contributed by atoms with Crippen LogP contribution in [-0.2, 0) is 4.57 Å². The van der Waals surface area contributed by atoms with Crippen LogP contribution >= 0.6 is 7.82 Å². The van der Waals surface area contributed by atoms with E-state index in [0.717, 1.165) is 12.8 Å². The molecule has 6 nitrogen and oxygen atoms in total. The van der Waals surface area contributed by atoms with E-state index >= 15 is 0 Å². The first kappa shape index (κ1) is 17.2. The Morgan fingerprint density at radius 3 is 1.55 bits per heavy atom. The van der Waals surface area contributed by atoms with Crippen LogP contribution in [-0.4, -0.2) is 26.4 Å². The zero-order valence-electron chi connectivity index (χ0n) is 6.47. The number of hydrogen-bond acceptors (Lipinski definition) is 3. The molecule has 0 rings (SSSR count). The molecule has 0 fully saturated rings. The Labute approximate surface area is 65.7 Å². The third-order valence-corrected chi connectivity index (χ3v) is 0.512. The zero-order valence-corrected chi connectivity index (χ0v) is 7.37. The lowest BCUT2D eigenvalue weighted by Crippen LogP contribution is -1.75. The molecule has 0 radical (unpaired) electrons. The molecule has 11 heavy (non-hydrogen) atoms. The van der Waals surface area contributed by atoms with E-state index in [1.165, 1.54) is 0 Å². The molecule has 0 aromatic carbocycles. The summed E-state index contributed by atoms with van der Waals surface area (Å²) >= 11 is 0. The fraction of sp³-hybridized carbons (Fsp3) is 1.00. The Hall–Kier alpha value is 0.0300. The van der Waals surface area contributed by atoms with Crippen molar-refractivity contribution in [3.63, 3.8) is 0 Å². The van der Waals surface area contributed by atoms with Crippen molar-refractivity contribution < 1.29 is 24.4 Å². The van der Waals surface area contributed by atoms with Crippen LogP contribution in [0, 0.1) is 0 Å². The van der Waals surface area contributed by atoms with E-state index < -0.39 is 7.82 Å². The van der Waals surface area contributed by atoms with Crippen LogP contribution in [0.25, 0.3) is 0 Å². The average molecular weight is 189 g/mol. The predicted molar refractivity (Wildman–Crippen MR) is 41.3 cm³/mol. The Balaban J connectivity index is -0.000000107. The third kappa shape index (κ3) is 157. The first-order valence-corrected chi connectivity index (χ1v) is 4.37. The monoisotopic (exact) mass is 189 g/mol. The second-order valence-electron chi connectivity index (χ2n) is 1.59. The number of aliphatic hydroxyl groups excluding tert-OH is 1. The highest BCUT2D eigenvalue weighted by Gasteiger charge is 2.00. The first-order chi connectivity index (χ1) is 4.41. The Bertz CT molecular complexity index is 92.4. The van der Waals surface area contributed by atoms with Gasteiger partial charge in [-0.3, -0.25) is 0 Å². The molecule has 0 aliphatic heterocycles. The van der Waals surface area contributed by atoms with E-state index in [9.17, 15) is 0 Å². The smallest absolute Gasteiger partial charge is 0.396 e. The van der Waals surface area contributed by atoms with E-state index in [1.807, 2.05) is 0 Å². The minimum Gasteiger partial charge on any atom is -0.396 e. The van der Waals surface area contributed by atoms with Gasteiger partial charge in [0.15, 0.2) is 0 Å². The van der Waals surface area contributed by atoms with Crippen molar-refractivity contribution in [2.24, 2.45) is 0 Å². The molecule has 7 heteroatoms. The molecule has 0 bridgehead atoms. The predicted octanol–water partition coefficient (Wildman–Crippen LogP) is 0.0122. The molecular weight excluding hydrogens is 173 g/mol. The summed E-state index contributed by atoms with van der Waals surface area (Å²) < 4.78 is 8.88. The maximum Gasteiger partial charge on any atom is 0.466 e. The van der Waals surface area contributed by atoms with Crippen molar-refractivity contribution >= 4 is 7.82 Å². The van der Waals surface area contributed by atoms with Crippen molar-refractivity contribution in [1.29, 1.82) is 0 Å². The minimum atomic E-state index is -4.64. The summed E-state index contributed by atoms with van der Waals surface area (Å²) in [6.45, 7) is 2.40. The van der Waals surface area contributed by atoms with Gasteiger partial charge in [-0.25, -0.2) is 4.57 Å². The highest BCUT2D eigenvalue weighted by molar-refractivity contribution is 7.45. The number of rotatable bonds is 2. The maximum atomic E-state index is 8.88. The van der Waals surface area contributed by atoms with E-state index in [0.29, 0.717) is 6.61 Å². The van der Waals surface area contributed by atoms with Crippen LogP contribution < -0.4 is 6.15 Å². The first-order valence-electron chi connectivity index (χ1n) is 2.81. The molecule has 0 saturated heterocycles. The normalized spacial score (nSPS) is 9.18. The largest absolute Gasteiger partial charge is 0.466 e. The molecule has 0 unspecified atom stereocenters. The van der Waals surface area contributed by atoms with E-state index in [4.69, 9.17) is 24.4 Å². The number of aliphatic hydroxyl groups is 1. The number of phosphoric acid groups is 1. The minimum absolute atomic E-state index is 0. The second-order valence-corrected chi connectivity index (χ2v) is 2.62. The van der Waals surface area contributed by atoms with Gasteiger partial charge in [-0.05, 0) is 6.42 Å². The molecule has 0 aliphatic carbocycles. The quantitative estimate of drug-likeness (QED) is 0.388. The van der Waals surface area contributed by atoms with Crippen molar-refractivity contribution in [2.45, 2.75) is 19.8 Å². The molecule has 0 saturated carbocycles. The molecular formula is C4H16NO5P. The SMILES string of the molecule is CCCCO.N.O=P(O)(O)O. The van der Waals surface area contributed by atoms with E-state index in [2.05, 4.69) is 6.92 Å². The fourth-order valence-electron chi connectivity index (χ4n) is 0.158. The van der Waals surface area contributed by atoms with Gasteiger partial charge < -0.3 is 25.9 Å². The van der Waals surface area contributed by atoms with Crippen LogP contribution in [0.1, 0.15) is 19.8 Å². The van der Waals surface area contributed by atoms with Gasteiger partial charge in [-0.2, -0.15) is 0 Å². The van der Waals surface area contributed by atoms with E-state index in [1.54, 1.807) is 0 Å². The van der Waals surface area contributed by atoms with E-state index in [-0.39, 0.29) is 6.15 Å². The van der Waals surface area contributed by atoms with Gasteiger partial charge in [0, 0.05) is 6.61 Å². The summed E-state index contributed by atoms with van der Waals surface area (Å²) in [6.07, 6.45) is 2.04. The summed E-state index contributed by atoms with van der Waals surface area (Å²) in [4.78, 5) is 21.6. The van der Waals surface area contributed by atoms with Crippen molar-refractivity contribution in [2.75, 3.05) is 6.61 Å². The molecule has 0 spiro atoms. The third-order valence-electron chi connectivity index (χ3n) is 0.512. The second kappa shape index (κ2) is 10.0. The van der Waals surface area contributed by atoms with Gasteiger partial charge in [0.2, 0.25) is 0 Å². The molecule has 0 atom stereocenters. The molecule has 0 aliphatic rings. The van der Waals surface area contributed by atoms with Gasteiger partial charge in [0.05, 0.1) is 0 Å². The summed E-state index contributed by atoms with van der Waals surface area (Å²) in [5.74, 6) is 0. The summed E-state index contributed by atoms with van der Waals surface area (Å²) in [5.41, 5.74) is 0. The average Bonchev–Trinajstić information content (AvgIpc) is 1.63. The van der Waals surface area contributed by atoms with Crippen molar-refractivity contribution in [1.82, 2.24) is 6.15 Å². The molecule has 0 heterocycles. The Morgan fingerprint density at radius 1 is 1.27 bits per heavy atom. The lowest BCUT2D eigenvalue weighted by molar-refractivity contribution is 0.275. The highest BCUT2D eigenvalue weighted by Crippen LogP contribution is 2.25. The molecule has 7 N–H and O–H groups in total. The standard InChI is InChI=1S/C4H10O.H3N.H3O4P/c1-2-3-4-5;;1-5(2,3)4/h5H,2-4H2,1H3;1H3;(H3,1,2,3,4). The van der Waals surface area contributed by atoms with Gasteiger partial charge in [-0.15, -0.1) is 0 Å². The lowest BCUT2D eigenvalue weighted by atomic mass is 10.4. The molecule has 0 aromatic rings. The van der Waals surface area contributed by atoms with Crippen LogP contribution in [0.15, 0.2) is 0 Å². The Kier molecular flexibility index (Phi) is 15.7. The molecule has 72 valence electrons. The van der Waals surface area contributed by atoms with Crippen molar-refractivity contribution in [3.05, 3.63) is 0 Å². The number of hydrogen-bond donors (Lipinski definition) is 5. The van der Waals surface area contributed by atoms with Crippen LogP contribution in [0.3, 0.4) is 0 Å². The van der Waals surface area contributed by atoms with Gasteiger partial charge in [-0.1, -0.05) is 13.3 Å². The fourth-order valence-corrected chi connectivity index (χ4v) is 0.158. The molecule has 0 aromatic heterocycles. The van der Waals surface area contributed by atoms with Crippen LogP contribution in [0.4, 0.5) is 0 Å². The zero-order chi connectivity index (χ0) is 8.62. The van der Waals surface area contributed by atoms with Crippen LogP contribution in [0.2, 0.25) is 0 Å². The topological polar surface area (TPSA) is 133 Å². The van der Waals surface area contributed by atoms with Crippen molar-refractivity contribution in [3.8, 4) is 0 Å². The van der Waals surface area contributed by atoms with Gasteiger partial charge in [0.1, 0.15) is 0 Å². The Morgan fingerprint density at radius 2 is 1.55 bits per heavy atom. The maximum absolute atomic E-state index is 8.88. The highest BCUT2D eigenvalue weighted by atomic mass is 31.2. The summed E-state index contributed by atoms with van der Waals surface area (Å²) in [5, 5.41) is 8.07. The van der Waals surface area contributed by atoms with Gasteiger partial charge >= 0.3 is 7.82 Å².